The van der Waals surface area contributed by atoms with E-state index in [-0.39, 0.29) is 12.2 Å². The topological polar surface area (TPSA) is 67.8 Å². The molecule has 1 heterocycles. The lowest BCUT2D eigenvalue weighted by atomic mass is 10.1. The molecule has 0 radical (unpaired) electrons. The number of aliphatic hydroxyl groups is 1. The summed E-state index contributed by atoms with van der Waals surface area (Å²) in [7, 11) is -3.56. The summed E-state index contributed by atoms with van der Waals surface area (Å²) in [5.74, 6) is 0.923. The lowest BCUT2D eigenvalue weighted by Gasteiger charge is -2.25. The molecule has 2 aromatic carbocycles. The Morgan fingerprint density at radius 3 is 2.04 bits per heavy atom. The molecular formula is C18H22NO4P. The third-order valence-corrected chi connectivity index (χ3v) is 5.75. The van der Waals surface area contributed by atoms with Crippen LogP contribution in [0, 0.1) is 0 Å². The fourth-order valence-corrected chi connectivity index (χ4v) is 4.56. The van der Waals surface area contributed by atoms with Crippen LogP contribution in [0.25, 0.3) is 0 Å². The van der Waals surface area contributed by atoms with Crippen molar-refractivity contribution in [3.8, 4) is 11.5 Å². The third kappa shape index (κ3) is 4.60. The molecule has 1 aliphatic heterocycles. The van der Waals surface area contributed by atoms with Gasteiger partial charge in [0.15, 0.2) is 0 Å². The highest BCUT2D eigenvalue weighted by molar-refractivity contribution is 7.54. The Morgan fingerprint density at radius 2 is 1.58 bits per heavy atom. The van der Waals surface area contributed by atoms with Gasteiger partial charge in [-0.2, -0.15) is 0 Å². The third-order valence-electron chi connectivity index (χ3n) is 3.95. The van der Waals surface area contributed by atoms with Crippen molar-refractivity contribution in [1.29, 1.82) is 0 Å². The van der Waals surface area contributed by atoms with Gasteiger partial charge in [0.05, 0.1) is 6.10 Å². The van der Waals surface area contributed by atoms with Gasteiger partial charge in [0.2, 0.25) is 0 Å². The summed E-state index contributed by atoms with van der Waals surface area (Å²) < 4.78 is 24.7. The summed E-state index contributed by atoms with van der Waals surface area (Å²) >= 11 is 0. The molecule has 0 bridgehead atoms. The first-order valence-electron chi connectivity index (χ1n) is 8.14. The summed E-state index contributed by atoms with van der Waals surface area (Å²) in [6, 6.07) is 17.7. The molecule has 0 spiro atoms. The number of para-hydroxylation sites is 2. The summed E-state index contributed by atoms with van der Waals surface area (Å²) in [6.45, 7) is 0.866. The molecular weight excluding hydrogens is 325 g/mol. The van der Waals surface area contributed by atoms with Gasteiger partial charge in [-0.1, -0.05) is 36.4 Å². The van der Waals surface area contributed by atoms with Gasteiger partial charge in [0.25, 0.3) is 0 Å². The van der Waals surface area contributed by atoms with Gasteiger partial charge in [-0.05, 0) is 43.7 Å². The Bertz CT molecular complexity index is 628. The highest BCUT2D eigenvalue weighted by Crippen LogP contribution is 2.49. The van der Waals surface area contributed by atoms with E-state index < -0.39 is 13.7 Å². The van der Waals surface area contributed by atoms with Crippen LogP contribution in [0.3, 0.4) is 0 Å². The predicted molar refractivity (Wildman–Crippen MR) is 93.6 cm³/mol. The summed E-state index contributed by atoms with van der Waals surface area (Å²) in [6.07, 6.45) is 1.02. The molecule has 3 rings (SSSR count). The highest BCUT2D eigenvalue weighted by Gasteiger charge is 2.36. The minimum atomic E-state index is -3.56. The Labute approximate surface area is 142 Å². The van der Waals surface area contributed by atoms with Gasteiger partial charge in [0.1, 0.15) is 17.7 Å². The second-order valence-electron chi connectivity index (χ2n) is 5.87. The van der Waals surface area contributed by atoms with Gasteiger partial charge in [-0.25, -0.2) is 4.57 Å². The molecule has 1 fully saturated rings. The second-order valence-corrected chi connectivity index (χ2v) is 7.82. The van der Waals surface area contributed by atoms with Crippen molar-refractivity contribution >= 4 is 7.60 Å². The van der Waals surface area contributed by atoms with Gasteiger partial charge >= 0.3 is 7.60 Å². The molecule has 1 saturated heterocycles. The van der Waals surface area contributed by atoms with Crippen LogP contribution in [-0.4, -0.2) is 30.0 Å². The Balaban J connectivity index is 1.78. The monoisotopic (exact) mass is 347 g/mol. The first-order valence-corrected chi connectivity index (χ1v) is 9.87. The average Bonchev–Trinajstić information content (AvgIpc) is 3.11. The van der Waals surface area contributed by atoms with E-state index in [0.29, 0.717) is 11.5 Å². The molecule has 6 heteroatoms. The smallest absolute Gasteiger partial charge is 0.416 e. The lowest BCUT2D eigenvalue weighted by Crippen LogP contribution is -2.37. The first-order chi connectivity index (χ1) is 11.6. The molecule has 0 aromatic heterocycles. The van der Waals surface area contributed by atoms with E-state index >= 15 is 0 Å². The number of hydrogen-bond acceptors (Lipinski definition) is 5. The van der Waals surface area contributed by atoms with E-state index in [0.717, 1.165) is 19.4 Å². The van der Waals surface area contributed by atoms with Crippen LogP contribution in [-0.2, 0) is 4.57 Å². The van der Waals surface area contributed by atoms with Crippen molar-refractivity contribution < 1.29 is 18.7 Å². The molecule has 0 amide bonds. The largest absolute Gasteiger partial charge is 0.433 e. The minimum Gasteiger partial charge on any atom is -0.416 e. The maximum Gasteiger partial charge on any atom is 0.433 e. The van der Waals surface area contributed by atoms with Gasteiger partial charge in [-0.3, -0.25) is 0 Å². The van der Waals surface area contributed by atoms with Crippen LogP contribution in [0.4, 0.5) is 0 Å². The lowest BCUT2D eigenvalue weighted by molar-refractivity contribution is 0.151. The number of hydrogen-bond donors (Lipinski definition) is 2. The van der Waals surface area contributed by atoms with Crippen molar-refractivity contribution in [3.63, 3.8) is 0 Å². The van der Waals surface area contributed by atoms with E-state index in [4.69, 9.17) is 9.05 Å². The fourth-order valence-electron chi connectivity index (χ4n) is 2.77. The molecule has 128 valence electrons. The zero-order valence-electron chi connectivity index (χ0n) is 13.4. The predicted octanol–water partition coefficient (Wildman–Crippen LogP) is 3.45. The van der Waals surface area contributed by atoms with E-state index in [1.807, 2.05) is 12.1 Å². The maximum absolute atomic E-state index is 13.3. The standard InChI is InChI=1S/C18H22NO4P/c20-18(17-12-7-13-19-17)14-24(21,22-15-8-3-1-4-9-15)23-16-10-5-2-6-11-16/h1-6,8-11,17-20H,7,12-14H2/t17-,18+/m0/s1. The Morgan fingerprint density at radius 1 is 1.04 bits per heavy atom. The van der Waals surface area contributed by atoms with Crippen LogP contribution >= 0.6 is 7.60 Å². The van der Waals surface area contributed by atoms with Crippen LogP contribution in [0.1, 0.15) is 12.8 Å². The first kappa shape index (κ1) is 17.0. The van der Waals surface area contributed by atoms with E-state index in [2.05, 4.69) is 5.32 Å². The second kappa shape index (κ2) is 7.84. The summed E-state index contributed by atoms with van der Waals surface area (Å²) in [4.78, 5) is 0. The van der Waals surface area contributed by atoms with Crippen molar-refractivity contribution in [2.24, 2.45) is 0 Å². The van der Waals surface area contributed by atoms with Gasteiger partial charge in [-0.15, -0.1) is 0 Å². The molecule has 2 atom stereocenters. The molecule has 24 heavy (non-hydrogen) atoms. The van der Waals surface area contributed by atoms with Crippen LogP contribution < -0.4 is 14.4 Å². The van der Waals surface area contributed by atoms with E-state index in [1.54, 1.807) is 48.5 Å². The van der Waals surface area contributed by atoms with Crippen molar-refractivity contribution in [3.05, 3.63) is 60.7 Å². The van der Waals surface area contributed by atoms with Crippen LogP contribution in [0.5, 0.6) is 11.5 Å². The molecule has 5 nitrogen and oxygen atoms in total. The normalized spacial score (nSPS) is 19.0. The van der Waals surface area contributed by atoms with Crippen molar-refractivity contribution in [2.75, 3.05) is 12.7 Å². The van der Waals surface area contributed by atoms with Gasteiger partial charge in [0, 0.05) is 6.04 Å². The maximum atomic E-state index is 13.3. The molecule has 2 N–H and O–H groups in total. The molecule has 0 aliphatic carbocycles. The summed E-state index contributed by atoms with van der Waals surface area (Å²) in [5, 5.41) is 13.7. The SMILES string of the molecule is O=P(C[C@@H](O)[C@@H]1CCCN1)(Oc1ccccc1)Oc1ccccc1. The molecule has 0 unspecified atom stereocenters. The number of benzene rings is 2. The zero-order chi connectivity index (χ0) is 16.8. The molecule has 0 saturated carbocycles. The van der Waals surface area contributed by atoms with Crippen LogP contribution in [0.2, 0.25) is 0 Å². The number of rotatable bonds is 7. The number of nitrogens with one attached hydrogen (secondary N) is 1. The molecule has 1 aliphatic rings. The summed E-state index contributed by atoms with van der Waals surface area (Å²) in [5.41, 5.74) is 0. The quantitative estimate of drug-likeness (QED) is 0.751. The van der Waals surface area contributed by atoms with E-state index in [1.165, 1.54) is 0 Å². The van der Waals surface area contributed by atoms with Gasteiger partial charge < -0.3 is 19.5 Å². The highest BCUT2D eigenvalue weighted by atomic mass is 31.2. The molecule has 2 aromatic rings. The average molecular weight is 347 g/mol. The van der Waals surface area contributed by atoms with Crippen molar-refractivity contribution in [2.45, 2.75) is 25.0 Å². The van der Waals surface area contributed by atoms with E-state index in [9.17, 15) is 9.67 Å². The zero-order valence-corrected chi connectivity index (χ0v) is 14.3. The number of aliphatic hydroxyl groups excluding tert-OH is 1. The minimum absolute atomic E-state index is 0.0611. The Kier molecular flexibility index (Phi) is 5.56. The van der Waals surface area contributed by atoms with Crippen LogP contribution in [0.15, 0.2) is 60.7 Å². The fraction of sp³-hybridized carbons (Fsp3) is 0.333. The van der Waals surface area contributed by atoms with Crippen molar-refractivity contribution in [1.82, 2.24) is 5.32 Å². The Hall–Kier alpha value is -1.81.